The van der Waals surface area contributed by atoms with Crippen LogP contribution in [0, 0.1) is 5.92 Å². The molecular formula is C16H34N4O3. The lowest BCUT2D eigenvalue weighted by Crippen LogP contribution is -2.25. The van der Waals surface area contributed by atoms with Crippen molar-refractivity contribution in [1.29, 1.82) is 0 Å². The Labute approximate surface area is 140 Å². The van der Waals surface area contributed by atoms with Gasteiger partial charge < -0.3 is 19.5 Å². The molecule has 7 heteroatoms. The standard InChI is InChI=1S/C16H34N4O3/c1-14(2)7-9-21-10-11-22-12-13-23-16(19-20-17)6-5-8-18-15(3)4/h14-16,18H,5-13H2,1-4H3. The van der Waals surface area contributed by atoms with Gasteiger partial charge in [-0.3, -0.25) is 0 Å². The van der Waals surface area contributed by atoms with Crippen LogP contribution in [0.25, 0.3) is 10.4 Å². The molecule has 0 aromatic carbocycles. The second-order valence-electron chi connectivity index (χ2n) is 6.19. The van der Waals surface area contributed by atoms with E-state index in [-0.39, 0.29) is 0 Å². The summed E-state index contributed by atoms with van der Waals surface area (Å²) in [7, 11) is 0. The zero-order chi connectivity index (χ0) is 17.3. The summed E-state index contributed by atoms with van der Waals surface area (Å²) in [6.07, 6.45) is 2.27. The molecule has 0 aromatic rings. The lowest BCUT2D eigenvalue weighted by Gasteiger charge is -2.14. The Morgan fingerprint density at radius 2 is 1.61 bits per heavy atom. The van der Waals surface area contributed by atoms with Gasteiger partial charge >= 0.3 is 0 Å². The van der Waals surface area contributed by atoms with Crippen LogP contribution in [0.1, 0.15) is 47.0 Å². The van der Waals surface area contributed by atoms with E-state index in [1.807, 2.05) is 0 Å². The maximum absolute atomic E-state index is 8.56. The highest BCUT2D eigenvalue weighted by molar-refractivity contribution is 4.60. The normalized spacial score (nSPS) is 12.6. The van der Waals surface area contributed by atoms with E-state index in [1.165, 1.54) is 0 Å². The van der Waals surface area contributed by atoms with Gasteiger partial charge in [-0.15, -0.1) is 0 Å². The summed E-state index contributed by atoms with van der Waals surface area (Å²) in [5.74, 6) is 0.665. The topological polar surface area (TPSA) is 88.5 Å². The van der Waals surface area contributed by atoms with Crippen molar-refractivity contribution in [2.45, 2.75) is 59.2 Å². The summed E-state index contributed by atoms with van der Waals surface area (Å²) < 4.78 is 16.4. The number of nitrogens with zero attached hydrogens (tertiary/aromatic N) is 3. The van der Waals surface area contributed by atoms with Gasteiger partial charge in [0, 0.05) is 17.6 Å². The number of hydrogen-bond acceptors (Lipinski definition) is 5. The van der Waals surface area contributed by atoms with E-state index in [1.54, 1.807) is 0 Å². The third kappa shape index (κ3) is 17.3. The van der Waals surface area contributed by atoms with Crippen molar-refractivity contribution in [3.63, 3.8) is 0 Å². The second kappa shape index (κ2) is 16.0. The number of azide groups is 1. The number of hydrogen-bond donors (Lipinski definition) is 1. The average Bonchev–Trinajstić information content (AvgIpc) is 2.49. The summed E-state index contributed by atoms with van der Waals surface area (Å²) >= 11 is 0. The van der Waals surface area contributed by atoms with Crippen molar-refractivity contribution >= 4 is 0 Å². The smallest absolute Gasteiger partial charge is 0.136 e. The molecule has 0 rings (SSSR count). The number of ether oxygens (including phenoxy) is 3. The molecule has 0 spiro atoms. The molecule has 0 aliphatic carbocycles. The van der Waals surface area contributed by atoms with E-state index in [0.29, 0.717) is 44.8 Å². The van der Waals surface area contributed by atoms with Gasteiger partial charge in [0.1, 0.15) is 6.23 Å². The van der Waals surface area contributed by atoms with E-state index in [9.17, 15) is 0 Å². The summed E-state index contributed by atoms with van der Waals surface area (Å²) in [6.45, 7) is 12.3. The van der Waals surface area contributed by atoms with Crippen molar-refractivity contribution in [3.05, 3.63) is 10.4 Å². The van der Waals surface area contributed by atoms with Gasteiger partial charge in [-0.25, -0.2) is 0 Å². The quantitative estimate of drug-likeness (QED) is 0.203. The lowest BCUT2D eigenvalue weighted by molar-refractivity contribution is -0.0127. The van der Waals surface area contributed by atoms with E-state index < -0.39 is 6.23 Å². The molecule has 0 heterocycles. The van der Waals surface area contributed by atoms with E-state index in [0.717, 1.165) is 26.0 Å². The van der Waals surface area contributed by atoms with Crippen LogP contribution in [-0.4, -0.2) is 51.8 Å². The van der Waals surface area contributed by atoms with E-state index in [2.05, 4.69) is 43.0 Å². The van der Waals surface area contributed by atoms with Crippen LogP contribution in [0.15, 0.2) is 5.11 Å². The maximum Gasteiger partial charge on any atom is 0.136 e. The lowest BCUT2D eigenvalue weighted by atomic mass is 10.1. The molecule has 0 saturated carbocycles. The zero-order valence-corrected chi connectivity index (χ0v) is 15.2. The van der Waals surface area contributed by atoms with Gasteiger partial charge in [0.15, 0.2) is 0 Å². The fourth-order valence-corrected chi connectivity index (χ4v) is 1.78. The first-order chi connectivity index (χ1) is 11.1. The van der Waals surface area contributed by atoms with Crippen LogP contribution in [0.2, 0.25) is 0 Å². The SMILES string of the molecule is CC(C)CCOCCOCCOC(CCCNC(C)C)N=[N+]=[N-]. The first-order valence-electron chi connectivity index (χ1n) is 8.61. The van der Waals surface area contributed by atoms with Gasteiger partial charge in [0.2, 0.25) is 0 Å². The third-order valence-corrected chi connectivity index (χ3v) is 3.11. The third-order valence-electron chi connectivity index (χ3n) is 3.11. The molecule has 0 fully saturated rings. The number of rotatable bonds is 16. The molecule has 0 aromatic heterocycles. The predicted octanol–water partition coefficient (Wildman–Crippen LogP) is 3.50. The Morgan fingerprint density at radius 3 is 2.22 bits per heavy atom. The van der Waals surface area contributed by atoms with E-state index in [4.69, 9.17) is 19.7 Å². The van der Waals surface area contributed by atoms with Gasteiger partial charge in [0.25, 0.3) is 0 Å². The highest BCUT2D eigenvalue weighted by atomic mass is 16.5. The van der Waals surface area contributed by atoms with Crippen LogP contribution in [0.5, 0.6) is 0 Å². The maximum atomic E-state index is 8.56. The Bertz CT molecular complexity index is 308. The van der Waals surface area contributed by atoms with Crippen LogP contribution in [0.4, 0.5) is 0 Å². The first kappa shape index (κ1) is 22.1. The molecule has 0 amide bonds. The van der Waals surface area contributed by atoms with Gasteiger partial charge in [-0.1, -0.05) is 32.8 Å². The summed E-state index contributed by atoms with van der Waals surface area (Å²) in [4.78, 5) is 2.83. The Kier molecular flexibility index (Phi) is 15.4. The average molecular weight is 330 g/mol. The summed E-state index contributed by atoms with van der Waals surface area (Å²) in [5.41, 5.74) is 8.56. The fourth-order valence-electron chi connectivity index (χ4n) is 1.78. The molecule has 1 unspecified atom stereocenters. The molecule has 1 N–H and O–H groups in total. The van der Waals surface area contributed by atoms with Crippen molar-refractivity contribution in [1.82, 2.24) is 5.32 Å². The van der Waals surface area contributed by atoms with Crippen molar-refractivity contribution < 1.29 is 14.2 Å². The minimum atomic E-state index is -0.417. The van der Waals surface area contributed by atoms with Crippen molar-refractivity contribution in [2.75, 3.05) is 39.6 Å². The van der Waals surface area contributed by atoms with Crippen LogP contribution < -0.4 is 5.32 Å². The number of nitrogens with one attached hydrogen (secondary N) is 1. The Morgan fingerprint density at radius 1 is 0.957 bits per heavy atom. The largest absolute Gasteiger partial charge is 0.379 e. The first-order valence-corrected chi connectivity index (χ1v) is 8.61. The fraction of sp³-hybridized carbons (Fsp3) is 1.00. The molecular weight excluding hydrogens is 296 g/mol. The highest BCUT2D eigenvalue weighted by Gasteiger charge is 2.06. The molecule has 136 valence electrons. The monoisotopic (exact) mass is 330 g/mol. The van der Waals surface area contributed by atoms with Crippen LogP contribution >= 0.6 is 0 Å². The molecule has 1 atom stereocenters. The van der Waals surface area contributed by atoms with Gasteiger partial charge in [0.05, 0.1) is 26.4 Å². The Hall–Kier alpha value is -0.850. The minimum absolute atomic E-state index is 0.417. The highest BCUT2D eigenvalue weighted by Crippen LogP contribution is 2.04. The Balaban J connectivity index is 3.51. The van der Waals surface area contributed by atoms with Crippen LogP contribution in [-0.2, 0) is 14.2 Å². The van der Waals surface area contributed by atoms with Gasteiger partial charge in [-0.05, 0) is 37.3 Å². The summed E-state index contributed by atoms with van der Waals surface area (Å²) in [5, 5.41) is 6.99. The molecule has 0 saturated heterocycles. The minimum Gasteiger partial charge on any atom is -0.379 e. The second-order valence-corrected chi connectivity index (χ2v) is 6.19. The molecule has 7 nitrogen and oxygen atoms in total. The molecule has 0 aliphatic heterocycles. The van der Waals surface area contributed by atoms with E-state index >= 15 is 0 Å². The molecule has 0 radical (unpaired) electrons. The summed E-state index contributed by atoms with van der Waals surface area (Å²) in [6, 6.07) is 0.463. The predicted molar refractivity (Wildman–Crippen MR) is 92.4 cm³/mol. The molecule has 0 aliphatic rings. The van der Waals surface area contributed by atoms with Gasteiger partial charge in [-0.2, -0.15) is 0 Å². The molecule has 23 heavy (non-hydrogen) atoms. The zero-order valence-electron chi connectivity index (χ0n) is 15.2. The van der Waals surface area contributed by atoms with Crippen molar-refractivity contribution in [2.24, 2.45) is 11.0 Å². The molecule has 0 bridgehead atoms. The van der Waals surface area contributed by atoms with Crippen molar-refractivity contribution in [3.8, 4) is 0 Å². The van der Waals surface area contributed by atoms with Crippen LogP contribution in [0.3, 0.4) is 0 Å².